The number of anilines is 1. The Morgan fingerprint density at radius 1 is 1.09 bits per heavy atom. The van der Waals surface area contributed by atoms with Crippen molar-refractivity contribution >= 4 is 38.9 Å². The molecule has 1 fully saturated rings. The summed E-state index contributed by atoms with van der Waals surface area (Å²) in [7, 11) is 0. The van der Waals surface area contributed by atoms with Crippen molar-refractivity contribution in [2.75, 3.05) is 31.1 Å². The average molecular weight is 479 g/mol. The van der Waals surface area contributed by atoms with Crippen LogP contribution in [0.2, 0.25) is 0 Å². The maximum absolute atomic E-state index is 12.9. The molecule has 1 aliphatic heterocycles. The van der Waals surface area contributed by atoms with Gasteiger partial charge in [-0.3, -0.25) is 18.6 Å². The van der Waals surface area contributed by atoms with Gasteiger partial charge < -0.3 is 9.80 Å². The molecule has 0 bridgehead atoms. The minimum Gasteiger partial charge on any atom is -0.368 e. The number of piperazine rings is 1. The Morgan fingerprint density at radius 2 is 1.88 bits per heavy atom. The smallest absolute Gasteiger partial charge is 0.272 e. The normalized spacial score (nSPS) is 14.4. The van der Waals surface area contributed by atoms with Gasteiger partial charge in [-0.15, -0.1) is 21.5 Å². The van der Waals surface area contributed by atoms with E-state index in [0.717, 1.165) is 37.5 Å². The molecule has 0 spiro atoms. The highest BCUT2D eigenvalue weighted by Gasteiger charge is 2.23. The van der Waals surface area contributed by atoms with Crippen molar-refractivity contribution in [2.45, 2.75) is 46.6 Å². The number of hydrogen-bond donors (Lipinski definition) is 0. The van der Waals surface area contributed by atoms with Gasteiger partial charge >= 0.3 is 0 Å². The van der Waals surface area contributed by atoms with Gasteiger partial charge in [0.2, 0.25) is 11.7 Å². The first-order valence-corrected chi connectivity index (χ1v) is 12.8. The molecular formula is C25H30N6O2S. The zero-order valence-electron chi connectivity index (χ0n) is 20.0. The van der Waals surface area contributed by atoms with Crippen LogP contribution in [0, 0.1) is 13.8 Å². The quantitative estimate of drug-likeness (QED) is 0.425. The number of carbonyl (C=O) groups is 1. The highest BCUT2D eigenvalue weighted by molar-refractivity contribution is 7.17. The summed E-state index contributed by atoms with van der Waals surface area (Å²) in [6.07, 6.45) is 1.83. The van der Waals surface area contributed by atoms with Gasteiger partial charge in [-0.25, -0.2) is 0 Å². The maximum Gasteiger partial charge on any atom is 0.272 e. The second kappa shape index (κ2) is 9.21. The Kier molecular flexibility index (Phi) is 6.12. The summed E-state index contributed by atoms with van der Waals surface area (Å²) in [5.41, 5.74) is 4.72. The van der Waals surface area contributed by atoms with E-state index in [2.05, 4.69) is 47.1 Å². The fourth-order valence-electron chi connectivity index (χ4n) is 4.86. The third kappa shape index (κ3) is 3.87. The fourth-order valence-corrected chi connectivity index (χ4v) is 5.68. The number of rotatable bonds is 6. The Bertz CT molecular complexity index is 1410. The number of thiophene rings is 1. The van der Waals surface area contributed by atoms with E-state index in [1.54, 1.807) is 4.57 Å². The molecule has 1 aliphatic rings. The van der Waals surface area contributed by atoms with E-state index < -0.39 is 0 Å². The number of aryl methyl sites for hydroxylation is 3. The number of nitrogens with zero attached hydrogens (tertiary/aromatic N) is 6. The van der Waals surface area contributed by atoms with Crippen LogP contribution in [-0.4, -0.2) is 56.2 Å². The predicted molar refractivity (Wildman–Crippen MR) is 136 cm³/mol. The molecule has 5 rings (SSSR count). The zero-order chi connectivity index (χ0) is 23.8. The van der Waals surface area contributed by atoms with Crippen LogP contribution in [0.3, 0.4) is 0 Å². The summed E-state index contributed by atoms with van der Waals surface area (Å²) in [5.74, 6) is 1.57. The maximum atomic E-state index is 12.9. The van der Waals surface area contributed by atoms with Crippen molar-refractivity contribution in [2.24, 2.45) is 0 Å². The molecule has 178 valence electrons. The molecule has 1 aromatic carbocycles. The highest BCUT2D eigenvalue weighted by Crippen LogP contribution is 2.24. The molecule has 0 aliphatic carbocycles. The molecule has 0 unspecified atom stereocenters. The number of hydrogen-bond acceptors (Lipinski definition) is 6. The Balaban J connectivity index is 1.22. The van der Waals surface area contributed by atoms with Crippen LogP contribution in [0.25, 0.3) is 16.0 Å². The lowest BCUT2D eigenvalue weighted by Gasteiger charge is -2.37. The second-order valence-corrected chi connectivity index (χ2v) is 9.79. The minimum absolute atomic E-state index is 0.0193. The predicted octanol–water partition coefficient (Wildman–Crippen LogP) is 3.41. The lowest BCUT2D eigenvalue weighted by Crippen LogP contribution is -2.49. The molecule has 8 nitrogen and oxygen atoms in total. The van der Waals surface area contributed by atoms with Gasteiger partial charge in [-0.2, -0.15) is 0 Å². The van der Waals surface area contributed by atoms with Crippen LogP contribution in [0.15, 0.2) is 34.4 Å². The van der Waals surface area contributed by atoms with Crippen LogP contribution < -0.4 is 10.5 Å². The Hall–Kier alpha value is -3.20. The molecule has 4 aromatic rings. The first-order valence-electron chi connectivity index (χ1n) is 11.9. The lowest BCUT2D eigenvalue weighted by molar-refractivity contribution is -0.131. The van der Waals surface area contributed by atoms with E-state index in [1.165, 1.54) is 28.2 Å². The molecule has 1 amide bonds. The van der Waals surface area contributed by atoms with E-state index in [9.17, 15) is 9.59 Å². The molecule has 34 heavy (non-hydrogen) atoms. The van der Waals surface area contributed by atoms with Crippen molar-refractivity contribution in [1.29, 1.82) is 0 Å². The summed E-state index contributed by atoms with van der Waals surface area (Å²) in [4.78, 5) is 30.0. The van der Waals surface area contributed by atoms with E-state index >= 15 is 0 Å². The van der Waals surface area contributed by atoms with Crippen LogP contribution in [0.5, 0.6) is 0 Å². The highest BCUT2D eigenvalue weighted by atomic mass is 32.1. The summed E-state index contributed by atoms with van der Waals surface area (Å²) in [6.45, 7) is 10.00. The van der Waals surface area contributed by atoms with E-state index in [0.29, 0.717) is 36.3 Å². The topological polar surface area (TPSA) is 75.7 Å². The van der Waals surface area contributed by atoms with Crippen molar-refractivity contribution in [3.63, 3.8) is 0 Å². The van der Waals surface area contributed by atoms with Crippen LogP contribution in [0.4, 0.5) is 5.69 Å². The van der Waals surface area contributed by atoms with E-state index in [1.807, 2.05) is 27.7 Å². The Labute approximate surface area is 202 Å². The lowest BCUT2D eigenvalue weighted by atomic mass is 10.1. The first-order chi connectivity index (χ1) is 16.5. The second-order valence-electron chi connectivity index (χ2n) is 8.88. The van der Waals surface area contributed by atoms with Crippen molar-refractivity contribution < 1.29 is 4.79 Å². The van der Waals surface area contributed by atoms with Crippen molar-refractivity contribution in [3.05, 3.63) is 57.0 Å². The Morgan fingerprint density at radius 3 is 2.65 bits per heavy atom. The zero-order valence-corrected chi connectivity index (χ0v) is 20.8. The van der Waals surface area contributed by atoms with Crippen LogP contribution >= 0.6 is 11.3 Å². The molecule has 0 radical (unpaired) electrons. The largest absolute Gasteiger partial charge is 0.368 e. The fraction of sp³-hybridized carbons (Fsp3) is 0.440. The molecule has 3 aromatic heterocycles. The van der Waals surface area contributed by atoms with Crippen molar-refractivity contribution in [1.82, 2.24) is 24.1 Å². The van der Waals surface area contributed by atoms with Crippen molar-refractivity contribution in [3.8, 4) is 0 Å². The van der Waals surface area contributed by atoms with Gasteiger partial charge in [-0.05, 0) is 55.8 Å². The van der Waals surface area contributed by atoms with Crippen LogP contribution in [-0.2, 0) is 17.8 Å². The van der Waals surface area contributed by atoms with Crippen LogP contribution in [0.1, 0.15) is 36.7 Å². The molecular weight excluding hydrogens is 448 g/mol. The number of carbonyl (C=O) groups excluding carboxylic acids is 1. The molecule has 0 atom stereocenters. The number of benzene rings is 1. The average Bonchev–Trinajstić information content (AvgIpc) is 3.49. The molecule has 0 saturated carbocycles. The minimum atomic E-state index is -0.0193. The molecule has 0 N–H and O–H groups in total. The number of aromatic nitrogens is 4. The first kappa shape index (κ1) is 22.6. The summed E-state index contributed by atoms with van der Waals surface area (Å²) < 4.78 is 4.35. The molecule has 1 saturated heterocycles. The summed E-state index contributed by atoms with van der Waals surface area (Å²) in [5, 5.41) is 10.6. The summed E-state index contributed by atoms with van der Waals surface area (Å²) >= 11 is 1.44. The van der Waals surface area contributed by atoms with Gasteiger partial charge in [0.15, 0.2) is 0 Å². The SMILES string of the molecule is CCn1c(=O)c2sccc2n2c(CCCC(=O)N3CCN(c4cccc(C)c4C)CC3)nnc12. The standard InChI is InChI=1S/C25H30N6O2S/c1-4-30-24(33)23-20(11-16-34-23)31-21(26-27-25(30)31)9-6-10-22(32)29-14-12-28(13-15-29)19-8-5-7-17(2)18(19)3/h5,7-8,11,16H,4,6,9-10,12-15H2,1-3H3. The van der Waals surface area contributed by atoms with E-state index in [4.69, 9.17) is 0 Å². The van der Waals surface area contributed by atoms with Gasteiger partial charge in [-0.1, -0.05) is 12.1 Å². The third-order valence-corrected chi connectivity index (χ3v) is 7.83. The van der Waals surface area contributed by atoms with Gasteiger partial charge in [0.25, 0.3) is 5.56 Å². The number of amides is 1. The van der Waals surface area contributed by atoms with Gasteiger partial charge in [0, 0.05) is 51.3 Å². The molecule has 4 heterocycles. The summed E-state index contributed by atoms with van der Waals surface area (Å²) in [6, 6.07) is 8.36. The monoisotopic (exact) mass is 478 g/mol. The molecule has 9 heteroatoms. The number of fused-ring (bicyclic) bond motifs is 3. The van der Waals surface area contributed by atoms with E-state index in [-0.39, 0.29) is 11.5 Å². The van der Waals surface area contributed by atoms with Gasteiger partial charge in [0.1, 0.15) is 10.5 Å². The van der Waals surface area contributed by atoms with Gasteiger partial charge in [0.05, 0.1) is 5.52 Å². The third-order valence-electron chi connectivity index (χ3n) is 6.94.